The summed E-state index contributed by atoms with van der Waals surface area (Å²) < 4.78 is 10.5. The number of rotatable bonds is 1. The van der Waals surface area contributed by atoms with Gasteiger partial charge < -0.3 is 9.47 Å². The van der Waals surface area contributed by atoms with Crippen LogP contribution in [0, 0.1) is 0 Å². The summed E-state index contributed by atoms with van der Waals surface area (Å²) in [6.07, 6.45) is 7.44. The standard InChI is InChI=1S/C11H10O2/c1-12-10-5-6-11-9(8-10)4-2-3-7-13-11/h2-8H,1H3. The molecule has 13 heavy (non-hydrogen) atoms. The van der Waals surface area contributed by atoms with Gasteiger partial charge >= 0.3 is 0 Å². The van der Waals surface area contributed by atoms with Gasteiger partial charge in [0, 0.05) is 5.56 Å². The van der Waals surface area contributed by atoms with E-state index < -0.39 is 0 Å². The molecule has 0 unspecified atom stereocenters. The van der Waals surface area contributed by atoms with E-state index in [0.717, 1.165) is 17.1 Å². The van der Waals surface area contributed by atoms with Crippen molar-refractivity contribution in [2.75, 3.05) is 7.11 Å². The predicted molar refractivity (Wildman–Crippen MR) is 51.8 cm³/mol. The van der Waals surface area contributed by atoms with E-state index in [9.17, 15) is 0 Å². The number of benzene rings is 1. The minimum atomic E-state index is 0.842. The first-order valence-electron chi connectivity index (χ1n) is 4.08. The molecule has 1 aromatic rings. The van der Waals surface area contributed by atoms with Crippen LogP contribution in [0.1, 0.15) is 5.56 Å². The zero-order chi connectivity index (χ0) is 9.10. The molecule has 0 amide bonds. The lowest BCUT2D eigenvalue weighted by Crippen LogP contribution is -1.87. The minimum absolute atomic E-state index is 0.842. The zero-order valence-corrected chi connectivity index (χ0v) is 7.36. The Bertz CT molecular complexity index is 364. The minimum Gasteiger partial charge on any atom is -0.497 e. The number of ether oxygens (including phenoxy) is 2. The lowest BCUT2D eigenvalue weighted by molar-refractivity contribution is 0.412. The fraction of sp³-hybridized carbons (Fsp3) is 0.0909. The molecule has 1 aromatic carbocycles. The first-order chi connectivity index (χ1) is 6.40. The Balaban J connectivity index is 2.45. The van der Waals surface area contributed by atoms with Crippen molar-refractivity contribution in [2.24, 2.45) is 0 Å². The fourth-order valence-electron chi connectivity index (χ4n) is 1.21. The third-order valence-corrected chi connectivity index (χ3v) is 1.88. The molecule has 0 radical (unpaired) electrons. The quantitative estimate of drug-likeness (QED) is 0.651. The Morgan fingerprint density at radius 3 is 3.00 bits per heavy atom. The van der Waals surface area contributed by atoms with Gasteiger partial charge in [-0.15, -0.1) is 0 Å². The summed E-state index contributed by atoms with van der Waals surface area (Å²) in [5, 5.41) is 0. The molecule has 1 aliphatic heterocycles. The average Bonchev–Trinajstić information content (AvgIpc) is 2.41. The Morgan fingerprint density at radius 1 is 1.23 bits per heavy atom. The van der Waals surface area contributed by atoms with Crippen molar-refractivity contribution in [1.29, 1.82) is 0 Å². The summed E-state index contributed by atoms with van der Waals surface area (Å²) in [7, 11) is 1.65. The molecule has 0 saturated heterocycles. The third-order valence-electron chi connectivity index (χ3n) is 1.88. The van der Waals surface area contributed by atoms with Gasteiger partial charge in [-0.3, -0.25) is 0 Å². The van der Waals surface area contributed by atoms with E-state index in [1.807, 2.05) is 36.4 Å². The van der Waals surface area contributed by atoms with Gasteiger partial charge in [0.05, 0.1) is 13.4 Å². The summed E-state index contributed by atoms with van der Waals surface area (Å²) in [4.78, 5) is 0. The van der Waals surface area contributed by atoms with Crippen LogP contribution < -0.4 is 9.47 Å². The van der Waals surface area contributed by atoms with Crippen molar-refractivity contribution >= 4 is 6.08 Å². The molecule has 0 atom stereocenters. The number of fused-ring (bicyclic) bond motifs is 1. The van der Waals surface area contributed by atoms with Gasteiger partial charge in [0.1, 0.15) is 11.5 Å². The summed E-state index contributed by atoms with van der Waals surface area (Å²) in [6.45, 7) is 0. The highest BCUT2D eigenvalue weighted by molar-refractivity contribution is 5.61. The van der Waals surface area contributed by atoms with Crippen molar-refractivity contribution in [1.82, 2.24) is 0 Å². The van der Waals surface area contributed by atoms with Crippen molar-refractivity contribution in [3.63, 3.8) is 0 Å². The smallest absolute Gasteiger partial charge is 0.134 e. The first kappa shape index (κ1) is 7.92. The van der Waals surface area contributed by atoms with Crippen molar-refractivity contribution in [2.45, 2.75) is 0 Å². The maximum Gasteiger partial charge on any atom is 0.134 e. The number of allylic oxidation sites excluding steroid dienone is 2. The Morgan fingerprint density at radius 2 is 2.15 bits per heavy atom. The maximum absolute atomic E-state index is 5.35. The highest BCUT2D eigenvalue weighted by atomic mass is 16.5. The molecule has 0 aliphatic carbocycles. The molecule has 2 heteroatoms. The lowest BCUT2D eigenvalue weighted by Gasteiger charge is -2.05. The van der Waals surface area contributed by atoms with Gasteiger partial charge in [-0.1, -0.05) is 12.2 Å². The summed E-state index contributed by atoms with van der Waals surface area (Å²) in [5.74, 6) is 1.69. The monoisotopic (exact) mass is 174 g/mol. The molecule has 0 bridgehead atoms. The van der Waals surface area contributed by atoms with Crippen LogP contribution in [0.3, 0.4) is 0 Å². The van der Waals surface area contributed by atoms with Crippen molar-refractivity contribution in [3.8, 4) is 11.5 Å². The first-order valence-corrected chi connectivity index (χ1v) is 4.08. The van der Waals surface area contributed by atoms with E-state index in [1.165, 1.54) is 0 Å². The zero-order valence-electron chi connectivity index (χ0n) is 7.36. The highest BCUT2D eigenvalue weighted by Gasteiger charge is 2.02. The molecule has 0 N–H and O–H groups in total. The Labute approximate surface area is 77.1 Å². The topological polar surface area (TPSA) is 18.5 Å². The van der Waals surface area contributed by atoms with Crippen LogP contribution in [0.5, 0.6) is 11.5 Å². The normalized spacial score (nSPS) is 13.0. The van der Waals surface area contributed by atoms with E-state index in [4.69, 9.17) is 9.47 Å². The van der Waals surface area contributed by atoms with Crippen LogP contribution in [0.25, 0.3) is 6.08 Å². The molecule has 1 aliphatic rings. The Hall–Kier alpha value is -1.70. The second-order valence-electron chi connectivity index (χ2n) is 2.71. The molecule has 0 spiro atoms. The molecule has 66 valence electrons. The van der Waals surface area contributed by atoms with Gasteiger partial charge in [0.15, 0.2) is 0 Å². The summed E-state index contributed by atoms with van der Waals surface area (Å²) >= 11 is 0. The van der Waals surface area contributed by atoms with Crippen LogP contribution in [0.4, 0.5) is 0 Å². The predicted octanol–water partition coefficient (Wildman–Crippen LogP) is 2.61. The van der Waals surface area contributed by atoms with E-state index in [-0.39, 0.29) is 0 Å². The lowest BCUT2D eigenvalue weighted by atomic mass is 10.2. The molecule has 1 heterocycles. The van der Waals surface area contributed by atoms with E-state index >= 15 is 0 Å². The van der Waals surface area contributed by atoms with Crippen LogP contribution in [-0.2, 0) is 0 Å². The van der Waals surface area contributed by atoms with Crippen LogP contribution in [0.2, 0.25) is 0 Å². The second-order valence-corrected chi connectivity index (χ2v) is 2.71. The van der Waals surface area contributed by atoms with Gasteiger partial charge in [-0.2, -0.15) is 0 Å². The summed E-state index contributed by atoms with van der Waals surface area (Å²) in [6, 6.07) is 5.72. The Kier molecular flexibility index (Phi) is 2.04. The molecule has 0 saturated carbocycles. The van der Waals surface area contributed by atoms with Crippen LogP contribution in [0.15, 0.2) is 36.6 Å². The molecule has 0 aromatic heterocycles. The largest absolute Gasteiger partial charge is 0.497 e. The summed E-state index contributed by atoms with van der Waals surface area (Å²) in [5.41, 5.74) is 1.03. The number of hydrogen-bond acceptors (Lipinski definition) is 2. The fourth-order valence-corrected chi connectivity index (χ4v) is 1.21. The maximum atomic E-state index is 5.35. The second kappa shape index (κ2) is 3.35. The van der Waals surface area contributed by atoms with Gasteiger partial charge in [-0.05, 0) is 24.3 Å². The van der Waals surface area contributed by atoms with E-state index in [1.54, 1.807) is 13.4 Å². The molecular formula is C11H10O2. The number of methoxy groups -OCH3 is 1. The molecular weight excluding hydrogens is 164 g/mol. The van der Waals surface area contributed by atoms with Crippen molar-refractivity contribution in [3.05, 3.63) is 42.2 Å². The SMILES string of the molecule is COc1ccc2c(c1)C=CC=CO2. The van der Waals surface area contributed by atoms with Gasteiger partial charge in [0.2, 0.25) is 0 Å². The van der Waals surface area contributed by atoms with Crippen LogP contribution in [-0.4, -0.2) is 7.11 Å². The van der Waals surface area contributed by atoms with Crippen LogP contribution >= 0.6 is 0 Å². The van der Waals surface area contributed by atoms with Gasteiger partial charge in [-0.25, -0.2) is 0 Å². The third kappa shape index (κ3) is 1.56. The van der Waals surface area contributed by atoms with Crippen molar-refractivity contribution < 1.29 is 9.47 Å². The highest BCUT2D eigenvalue weighted by Crippen LogP contribution is 2.26. The molecule has 2 nitrogen and oxygen atoms in total. The van der Waals surface area contributed by atoms with E-state index in [0.29, 0.717) is 0 Å². The van der Waals surface area contributed by atoms with E-state index in [2.05, 4.69) is 0 Å². The van der Waals surface area contributed by atoms with Gasteiger partial charge in [0.25, 0.3) is 0 Å². The molecule has 0 fully saturated rings. The number of hydrogen-bond donors (Lipinski definition) is 0. The average molecular weight is 174 g/mol. The molecule has 2 rings (SSSR count).